The first-order valence-corrected chi connectivity index (χ1v) is 7.31. The molecule has 1 aliphatic heterocycles. The first kappa shape index (κ1) is 14.1. The molecule has 2 rings (SSSR count). The average Bonchev–Trinajstić information content (AvgIpc) is 2.40. The van der Waals surface area contributed by atoms with Crippen LogP contribution >= 0.6 is 23.2 Å². The number of rotatable bonds is 4. The van der Waals surface area contributed by atoms with E-state index in [1.54, 1.807) is 0 Å². The normalized spacial score (nSPS) is 21.8. The van der Waals surface area contributed by atoms with Crippen molar-refractivity contribution in [1.29, 1.82) is 0 Å². The molecular weight excluding hydrogens is 267 g/mol. The summed E-state index contributed by atoms with van der Waals surface area (Å²) in [6.07, 6.45) is 2.60. The van der Waals surface area contributed by atoms with Gasteiger partial charge in [0.2, 0.25) is 0 Å². The van der Waals surface area contributed by atoms with Crippen molar-refractivity contribution in [1.82, 2.24) is 10.6 Å². The van der Waals surface area contributed by atoms with Gasteiger partial charge >= 0.3 is 0 Å². The molecule has 0 saturated carbocycles. The average molecular weight is 287 g/mol. The second kappa shape index (κ2) is 6.76. The lowest BCUT2D eigenvalue weighted by molar-refractivity contribution is 0.348. The summed E-state index contributed by atoms with van der Waals surface area (Å²) in [6, 6.07) is 6.15. The third-order valence-corrected chi connectivity index (χ3v) is 4.29. The molecule has 2 unspecified atom stereocenters. The van der Waals surface area contributed by atoms with Gasteiger partial charge in [0.1, 0.15) is 0 Å². The zero-order valence-electron chi connectivity index (χ0n) is 10.7. The highest BCUT2D eigenvalue weighted by atomic mass is 35.5. The van der Waals surface area contributed by atoms with Crippen LogP contribution < -0.4 is 10.6 Å². The van der Waals surface area contributed by atoms with Crippen molar-refractivity contribution in [3.05, 3.63) is 33.8 Å². The Morgan fingerprint density at radius 1 is 1.39 bits per heavy atom. The lowest BCUT2D eigenvalue weighted by atomic mass is 9.99. The van der Waals surface area contributed by atoms with Gasteiger partial charge < -0.3 is 10.6 Å². The van der Waals surface area contributed by atoms with Crippen LogP contribution in [0.3, 0.4) is 0 Å². The van der Waals surface area contributed by atoms with E-state index in [2.05, 4.69) is 17.6 Å². The molecule has 1 saturated heterocycles. The highest BCUT2D eigenvalue weighted by molar-refractivity contribution is 6.42. The molecule has 1 heterocycles. The van der Waals surface area contributed by atoms with E-state index in [9.17, 15) is 0 Å². The van der Waals surface area contributed by atoms with Gasteiger partial charge in [-0.2, -0.15) is 0 Å². The quantitative estimate of drug-likeness (QED) is 0.883. The largest absolute Gasteiger partial charge is 0.316 e. The molecule has 0 amide bonds. The van der Waals surface area contributed by atoms with Gasteiger partial charge in [0.05, 0.1) is 10.0 Å². The van der Waals surface area contributed by atoms with E-state index < -0.39 is 0 Å². The van der Waals surface area contributed by atoms with Crippen LogP contribution in [0.4, 0.5) is 0 Å². The van der Waals surface area contributed by atoms with Crippen LogP contribution in [-0.2, 0) is 0 Å². The summed E-state index contributed by atoms with van der Waals surface area (Å²) in [5, 5.41) is 8.25. The molecule has 0 aromatic heterocycles. The number of benzene rings is 1. The summed E-state index contributed by atoms with van der Waals surface area (Å²) in [5.74, 6) is 0.740. The number of halogens is 2. The summed E-state index contributed by atoms with van der Waals surface area (Å²) in [5.41, 5.74) is 1.19. The van der Waals surface area contributed by atoms with Gasteiger partial charge in [0, 0.05) is 6.04 Å². The van der Waals surface area contributed by atoms with Gasteiger partial charge in [-0.1, -0.05) is 29.3 Å². The first-order chi connectivity index (χ1) is 8.66. The van der Waals surface area contributed by atoms with Crippen molar-refractivity contribution in [2.45, 2.75) is 25.8 Å². The second-order valence-electron chi connectivity index (χ2n) is 5.02. The van der Waals surface area contributed by atoms with Crippen molar-refractivity contribution in [3.8, 4) is 0 Å². The minimum absolute atomic E-state index is 0.307. The van der Waals surface area contributed by atoms with Crippen LogP contribution in [0.5, 0.6) is 0 Å². The standard InChI is InChI=1S/C14H20Cl2N2/c1-10(12-4-5-13(15)14(16)7-12)18-9-11-3-2-6-17-8-11/h4-5,7,10-11,17-18H,2-3,6,8-9H2,1H3. The second-order valence-corrected chi connectivity index (χ2v) is 5.83. The van der Waals surface area contributed by atoms with Crippen molar-refractivity contribution < 1.29 is 0 Å². The van der Waals surface area contributed by atoms with E-state index in [4.69, 9.17) is 23.2 Å². The molecule has 2 nitrogen and oxygen atoms in total. The van der Waals surface area contributed by atoms with E-state index in [-0.39, 0.29) is 0 Å². The molecule has 1 fully saturated rings. The van der Waals surface area contributed by atoms with E-state index >= 15 is 0 Å². The van der Waals surface area contributed by atoms with E-state index in [1.807, 2.05) is 18.2 Å². The molecule has 0 bridgehead atoms. The lowest BCUT2D eigenvalue weighted by Crippen LogP contribution is -2.36. The summed E-state index contributed by atoms with van der Waals surface area (Å²) in [6.45, 7) is 5.50. The Morgan fingerprint density at radius 2 is 2.22 bits per heavy atom. The van der Waals surface area contributed by atoms with Crippen molar-refractivity contribution in [2.75, 3.05) is 19.6 Å². The van der Waals surface area contributed by atoms with E-state index in [0.29, 0.717) is 16.1 Å². The summed E-state index contributed by atoms with van der Waals surface area (Å²) >= 11 is 12.0. The number of hydrogen-bond acceptors (Lipinski definition) is 2. The van der Waals surface area contributed by atoms with E-state index in [1.165, 1.54) is 24.9 Å². The molecule has 18 heavy (non-hydrogen) atoms. The SMILES string of the molecule is CC(NCC1CCCNC1)c1ccc(Cl)c(Cl)c1. The monoisotopic (exact) mass is 286 g/mol. The smallest absolute Gasteiger partial charge is 0.0595 e. The molecule has 1 aromatic rings. The zero-order valence-corrected chi connectivity index (χ0v) is 12.2. The molecule has 2 atom stereocenters. The summed E-state index contributed by atoms with van der Waals surface area (Å²) < 4.78 is 0. The van der Waals surface area contributed by atoms with Crippen LogP contribution in [0.1, 0.15) is 31.4 Å². The maximum Gasteiger partial charge on any atom is 0.0595 e. The van der Waals surface area contributed by atoms with E-state index in [0.717, 1.165) is 19.0 Å². The minimum atomic E-state index is 0.307. The zero-order chi connectivity index (χ0) is 13.0. The maximum atomic E-state index is 6.04. The van der Waals surface area contributed by atoms with Gasteiger partial charge in [-0.05, 0) is 63.0 Å². The Kier molecular flexibility index (Phi) is 5.31. The molecule has 0 aliphatic carbocycles. The first-order valence-electron chi connectivity index (χ1n) is 6.56. The van der Waals surface area contributed by atoms with Crippen LogP contribution in [0, 0.1) is 5.92 Å². The van der Waals surface area contributed by atoms with Crippen LogP contribution in [0.15, 0.2) is 18.2 Å². The number of piperidine rings is 1. The molecule has 0 spiro atoms. The highest BCUT2D eigenvalue weighted by Crippen LogP contribution is 2.25. The molecule has 1 aliphatic rings. The Hall–Kier alpha value is -0.280. The fraction of sp³-hybridized carbons (Fsp3) is 0.571. The van der Waals surface area contributed by atoms with Gasteiger partial charge in [-0.15, -0.1) is 0 Å². The van der Waals surface area contributed by atoms with Crippen LogP contribution in [0.2, 0.25) is 10.0 Å². The third-order valence-electron chi connectivity index (χ3n) is 3.56. The predicted molar refractivity (Wildman–Crippen MR) is 78.5 cm³/mol. The molecule has 0 radical (unpaired) electrons. The Bertz CT molecular complexity index is 389. The lowest BCUT2D eigenvalue weighted by Gasteiger charge is -2.25. The Labute approximate surface area is 119 Å². The number of hydrogen-bond donors (Lipinski definition) is 2. The maximum absolute atomic E-state index is 6.04. The van der Waals surface area contributed by atoms with Gasteiger partial charge in [0.25, 0.3) is 0 Å². The fourth-order valence-electron chi connectivity index (χ4n) is 2.34. The summed E-state index contributed by atoms with van der Waals surface area (Å²) in [4.78, 5) is 0. The minimum Gasteiger partial charge on any atom is -0.316 e. The number of nitrogens with one attached hydrogen (secondary N) is 2. The Morgan fingerprint density at radius 3 is 2.89 bits per heavy atom. The molecular formula is C14H20Cl2N2. The van der Waals surface area contributed by atoms with Gasteiger partial charge in [0.15, 0.2) is 0 Å². The highest BCUT2D eigenvalue weighted by Gasteiger charge is 2.14. The third kappa shape index (κ3) is 3.86. The van der Waals surface area contributed by atoms with Crippen molar-refractivity contribution >= 4 is 23.2 Å². The topological polar surface area (TPSA) is 24.1 Å². The fourth-order valence-corrected chi connectivity index (χ4v) is 2.65. The van der Waals surface area contributed by atoms with Crippen molar-refractivity contribution in [2.24, 2.45) is 5.92 Å². The molecule has 1 aromatic carbocycles. The van der Waals surface area contributed by atoms with Gasteiger partial charge in [-0.3, -0.25) is 0 Å². The van der Waals surface area contributed by atoms with Crippen LogP contribution in [0.25, 0.3) is 0 Å². The molecule has 100 valence electrons. The van der Waals surface area contributed by atoms with Gasteiger partial charge in [-0.25, -0.2) is 0 Å². The molecule has 4 heteroatoms. The predicted octanol–water partition coefficient (Wildman–Crippen LogP) is 3.64. The summed E-state index contributed by atoms with van der Waals surface area (Å²) in [7, 11) is 0. The molecule has 2 N–H and O–H groups in total. The van der Waals surface area contributed by atoms with Crippen LogP contribution in [-0.4, -0.2) is 19.6 Å². The van der Waals surface area contributed by atoms with Crippen molar-refractivity contribution in [3.63, 3.8) is 0 Å². The Balaban J connectivity index is 1.86.